The number of rotatable bonds is 6. The van der Waals surface area contributed by atoms with Crippen LogP contribution in [0.1, 0.15) is 12.8 Å². The minimum atomic E-state index is -0.864. The first-order valence-corrected chi connectivity index (χ1v) is 6.20. The molecule has 15 heavy (non-hydrogen) atoms. The van der Waals surface area contributed by atoms with Crippen LogP contribution >= 0.6 is 11.8 Å². The summed E-state index contributed by atoms with van der Waals surface area (Å²) in [4.78, 5) is 0. The van der Waals surface area contributed by atoms with Gasteiger partial charge >= 0.3 is 0 Å². The first kappa shape index (κ1) is 12.3. The SMILES string of the molecule is CSCCCCOc1ccc(F)c(F)c1. The van der Waals surface area contributed by atoms with Crippen LogP contribution < -0.4 is 4.74 Å². The number of ether oxygens (including phenoxy) is 1. The van der Waals surface area contributed by atoms with Gasteiger partial charge in [0, 0.05) is 6.07 Å². The van der Waals surface area contributed by atoms with Crippen molar-refractivity contribution in [1.82, 2.24) is 0 Å². The summed E-state index contributed by atoms with van der Waals surface area (Å²) in [6.45, 7) is 0.547. The van der Waals surface area contributed by atoms with Crippen molar-refractivity contribution in [3.05, 3.63) is 29.8 Å². The maximum Gasteiger partial charge on any atom is 0.162 e. The van der Waals surface area contributed by atoms with Crippen LogP contribution in [-0.4, -0.2) is 18.6 Å². The zero-order valence-corrected chi connectivity index (χ0v) is 9.45. The van der Waals surface area contributed by atoms with E-state index >= 15 is 0 Å². The molecule has 0 aliphatic carbocycles. The van der Waals surface area contributed by atoms with Gasteiger partial charge in [0.1, 0.15) is 5.75 Å². The smallest absolute Gasteiger partial charge is 0.162 e. The molecule has 0 aromatic heterocycles. The Balaban J connectivity index is 2.28. The third kappa shape index (κ3) is 4.51. The summed E-state index contributed by atoms with van der Waals surface area (Å²) >= 11 is 1.79. The average Bonchev–Trinajstić information content (AvgIpc) is 2.23. The number of hydrogen-bond acceptors (Lipinski definition) is 2. The van der Waals surface area contributed by atoms with Crippen molar-refractivity contribution in [1.29, 1.82) is 0 Å². The Morgan fingerprint density at radius 1 is 1.20 bits per heavy atom. The first-order chi connectivity index (χ1) is 7.24. The Bertz CT molecular complexity index is 305. The van der Waals surface area contributed by atoms with E-state index in [4.69, 9.17) is 4.74 Å². The van der Waals surface area contributed by atoms with Crippen molar-refractivity contribution in [3.8, 4) is 5.75 Å². The molecule has 0 heterocycles. The van der Waals surface area contributed by atoms with Gasteiger partial charge in [-0.1, -0.05) is 0 Å². The van der Waals surface area contributed by atoms with E-state index in [0.717, 1.165) is 30.7 Å². The molecule has 0 saturated heterocycles. The summed E-state index contributed by atoms with van der Waals surface area (Å²) in [6.07, 6.45) is 4.06. The lowest BCUT2D eigenvalue weighted by molar-refractivity contribution is 0.307. The van der Waals surface area contributed by atoms with Gasteiger partial charge in [-0.15, -0.1) is 0 Å². The lowest BCUT2D eigenvalue weighted by atomic mass is 10.3. The normalized spacial score (nSPS) is 10.3. The molecule has 0 aliphatic heterocycles. The molecular weight excluding hydrogens is 218 g/mol. The second kappa shape index (κ2) is 6.67. The van der Waals surface area contributed by atoms with Gasteiger partial charge in [0.05, 0.1) is 6.61 Å². The van der Waals surface area contributed by atoms with Gasteiger partial charge in [-0.3, -0.25) is 0 Å². The standard InChI is InChI=1S/C11H14F2OS/c1-15-7-3-2-6-14-9-4-5-10(12)11(13)8-9/h4-5,8H,2-3,6-7H2,1H3. The molecule has 0 atom stereocenters. The fourth-order valence-corrected chi connectivity index (χ4v) is 1.60. The number of thioether (sulfide) groups is 1. The first-order valence-electron chi connectivity index (χ1n) is 4.81. The van der Waals surface area contributed by atoms with Gasteiger partial charge in [-0.2, -0.15) is 11.8 Å². The molecule has 1 rings (SSSR count). The molecule has 0 N–H and O–H groups in total. The molecule has 0 radical (unpaired) electrons. The van der Waals surface area contributed by atoms with E-state index in [1.807, 2.05) is 0 Å². The number of hydrogen-bond donors (Lipinski definition) is 0. The van der Waals surface area contributed by atoms with Gasteiger partial charge in [0.25, 0.3) is 0 Å². The third-order valence-electron chi connectivity index (χ3n) is 1.90. The molecule has 0 fully saturated rings. The molecular formula is C11H14F2OS. The predicted molar refractivity (Wildman–Crippen MR) is 59.5 cm³/mol. The van der Waals surface area contributed by atoms with Crippen LogP contribution in [0.15, 0.2) is 18.2 Å². The van der Waals surface area contributed by atoms with Gasteiger partial charge < -0.3 is 4.74 Å². The van der Waals surface area contributed by atoms with Crippen molar-refractivity contribution in [2.24, 2.45) is 0 Å². The van der Waals surface area contributed by atoms with Crippen LogP contribution in [0.4, 0.5) is 8.78 Å². The highest BCUT2D eigenvalue weighted by molar-refractivity contribution is 7.98. The maximum absolute atomic E-state index is 12.8. The van der Waals surface area contributed by atoms with E-state index in [2.05, 4.69) is 6.26 Å². The molecule has 0 spiro atoms. The maximum atomic E-state index is 12.8. The van der Waals surface area contributed by atoms with Gasteiger partial charge in [-0.25, -0.2) is 8.78 Å². The van der Waals surface area contributed by atoms with Crippen LogP contribution in [0.5, 0.6) is 5.75 Å². The van der Waals surface area contributed by atoms with Crippen LogP contribution in [-0.2, 0) is 0 Å². The van der Waals surface area contributed by atoms with Crippen molar-refractivity contribution in [3.63, 3.8) is 0 Å². The third-order valence-corrected chi connectivity index (χ3v) is 2.60. The molecule has 0 saturated carbocycles. The largest absolute Gasteiger partial charge is 0.493 e. The summed E-state index contributed by atoms with van der Waals surface area (Å²) in [6, 6.07) is 3.59. The van der Waals surface area contributed by atoms with Gasteiger partial charge in [0.15, 0.2) is 11.6 Å². The lowest BCUT2D eigenvalue weighted by Crippen LogP contribution is -1.98. The van der Waals surface area contributed by atoms with Crippen LogP contribution in [0, 0.1) is 11.6 Å². The highest BCUT2D eigenvalue weighted by Gasteiger charge is 2.02. The predicted octanol–water partition coefficient (Wildman–Crippen LogP) is 3.49. The van der Waals surface area contributed by atoms with Crippen LogP contribution in [0.2, 0.25) is 0 Å². The minimum Gasteiger partial charge on any atom is -0.493 e. The Hall–Kier alpha value is -0.770. The fourth-order valence-electron chi connectivity index (χ4n) is 1.11. The number of halogens is 2. The Morgan fingerprint density at radius 2 is 2.00 bits per heavy atom. The Morgan fingerprint density at radius 3 is 2.67 bits per heavy atom. The van der Waals surface area contributed by atoms with E-state index in [0.29, 0.717) is 12.4 Å². The molecule has 0 amide bonds. The monoisotopic (exact) mass is 232 g/mol. The molecule has 0 unspecified atom stereocenters. The van der Waals surface area contributed by atoms with Gasteiger partial charge in [0.2, 0.25) is 0 Å². The summed E-state index contributed by atoms with van der Waals surface area (Å²) in [5.74, 6) is -0.222. The molecule has 1 aromatic rings. The van der Waals surface area contributed by atoms with E-state index in [1.165, 1.54) is 6.07 Å². The van der Waals surface area contributed by atoms with Crippen LogP contribution in [0.25, 0.3) is 0 Å². The summed E-state index contributed by atoms with van der Waals surface area (Å²) in [5, 5.41) is 0. The Kier molecular flexibility index (Phi) is 5.47. The van der Waals surface area contributed by atoms with Gasteiger partial charge in [-0.05, 0) is 37.0 Å². The van der Waals surface area contributed by atoms with E-state index in [-0.39, 0.29) is 0 Å². The molecule has 4 heteroatoms. The second-order valence-electron chi connectivity index (χ2n) is 3.12. The van der Waals surface area contributed by atoms with Crippen LogP contribution in [0.3, 0.4) is 0 Å². The molecule has 1 aromatic carbocycles. The summed E-state index contributed by atoms with van der Waals surface area (Å²) in [5.41, 5.74) is 0. The topological polar surface area (TPSA) is 9.23 Å². The average molecular weight is 232 g/mol. The van der Waals surface area contributed by atoms with E-state index < -0.39 is 11.6 Å². The van der Waals surface area contributed by atoms with Crippen molar-refractivity contribution in [2.45, 2.75) is 12.8 Å². The highest BCUT2D eigenvalue weighted by Crippen LogP contribution is 2.15. The molecule has 1 nitrogen and oxygen atoms in total. The number of benzene rings is 1. The van der Waals surface area contributed by atoms with Crippen molar-refractivity contribution < 1.29 is 13.5 Å². The fraction of sp³-hybridized carbons (Fsp3) is 0.455. The lowest BCUT2D eigenvalue weighted by Gasteiger charge is -2.05. The second-order valence-corrected chi connectivity index (χ2v) is 4.11. The van der Waals surface area contributed by atoms with E-state index in [9.17, 15) is 8.78 Å². The number of unbranched alkanes of at least 4 members (excludes halogenated alkanes) is 1. The van der Waals surface area contributed by atoms with Crippen molar-refractivity contribution in [2.75, 3.05) is 18.6 Å². The zero-order chi connectivity index (χ0) is 11.1. The Labute approximate surface area is 92.8 Å². The molecule has 0 bridgehead atoms. The quantitative estimate of drug-likeness (QED) is 0.694. The molecule has 0 aliphatic rings. The minimum absolute atomic E-state index is 0.387. The van der Waals surface area contributed by atoms with Crippen molar-refractivity contribution >= 4 is 11.8 Å². The zero-order valence-electron chi connectivity index (χ0n) is 8.63. The summed E-state index contributed by atoms with van der Waals surface area (Å²) in [7, 11) is 0. The molecule has 84 valence electrons. The summed E-state index contributed by atoms with van der Waals surface area (Å²) < 4.78 is 30.6. The van der Waals surface area contributed by atoms with E-state index in [1.54, 1.807) is 11.8 Å². The highest BCUT2D eigenvalue weighted by atomic mass is 32.2.